The minimum atomic E-state index is -0.481. The predicted molar refractivity (Wildman–Crippen MR) is 87.0 cm³/mol. The molecular weight excluding hydrogens is 409 g/mol. The fraction of sp³-hybridized carbons (Fsp3) is 0.538. The van der Waals surface area contributed by atoms with Crippen LogP contribution in [-0.4, -0.2) is 31.0 Å². The van der Waals surface area contributed by atoms with Crippen LogP contribution in [0.1, 0.15) is 13.8 Å². The average Bonchev–Trinajstić information content (AvgIpc) is 2.30. The monoisotopic (exact) mass is 427 g/mol. The van der Waals surface area contributed by atoms with E-state index in [0.29, 0.717) is 25.7 Å². The number of hydrogen-bond acceptors (Lipinski definition) is 3. The molecule has 0 amide bonds. The molecule has 0 aliphatic heterocycles. The molecule has 0 aliphatic rings. The molecule has 102 valence electrons. The zero-order valence-electron chi connectivity index (χ0n) is 10.6. The van der Waals surface area contributed by atoms with Gasteiger partial charge >= 0.3 is 0 Å². The Kier molecular flexibility index (Phi) is 7.51. The number of nitrogens with one attached hydrogen (secondary N) is 1. The van der Waals surface area contributed by atoms with Crippen molar-refractivity contribution in [1.82, 2.24) is 0 Å². The maximum atomic E-state index is 9.75. The van der Waals surface area contributed by atoms with Gasteiger partial charge in [0.25, 0.3) is 0 Å². The summed E-state index contributed by atoms with van der Waals surface area (Å²) in [5.41, 5.74) is 1.01. The van der Waals surface area contributed by atoms with Crippen LogP contribution < -0.4 is 5.32 Å². The summed E-state index contributed by atoms with van der Waals surface area (Å²) in [6.07, 6.45) is -0.481. The van der Waals surface area contributed by atoms with Crippen molar-refractivity contribution in [2.45, 2.75) is 20.0 Å². The number of aliphatic hydroxyl groups excluding tert-OH is 1. The lowest BCUT2D eigenvalue weighted by atomic mass is 10.2. The maximum absolute atomic E-state index is 9.75. The van der Waals surface area contributed by atoms with E-state index in [1.54, 1.807) is 0 Å². The van der Waals surface area contributed by atoms with Crippen molar-refractivity contribution in [3.8, 4) is 0 Å². The van der Waals surface area contributed by atoms with E-state index in [1.165, 1.54) is 0 Å². The van der Waals surface area contributed by atoms with E-state index in [2.05, 4.69) is 57.7 Å². The molecule has 1 aromatic carbocycles. The van der Waals surface area contributed by atoms with Gasteiger partial charge in [0.1, 0.15) is 0 Å². The molecular formula is C13H19BrINO2. The van der Waals surface area contributed by atoms with E-state index >= 15 is 0 Å². The summed E-state index contributed by atoms with van der Waals surface area (Å²) in [7, 11) is 0. The zero-order valence-corrected chi connectivity index (χ0v) is 14.4. The summed E-state index contributed by atoms with van der Waals surface area (Å²) in [6, 6.07) is 6.01. The highest BCUT2D eigenvalue weighted by Crippen LogP contribution is 2.22. The van der Waals surface area contributed by atoms with Gasteiger partial charge in [-0.1, -0.05) is 13.8 Å². The van der Waals surface area contributed by atoms with Crippen LogP contribution >= 0.6 is 38.5 Å². The van der Waals surface area contributed by atoms with Gasteiger partial charge in [0.2, 0.25) is 0 Å². The van der Waals surface area contributed by atoms with Crippen molar-refractivity contribution < 1.29 is 9.84 Å². The predicted octanol–water partition coefficient (Wildman–Crippen LogP) is 3.50. The third-order valence-electron chi connectivity index (χ3n) is 2.22. The molecule has 0 radical (unpaired) electrons. The van der Waals surface area contributed by atoms with Crippen molar-refractivity contribution in [2.75, 3.05) is 25.1 Å². The van der Waals surface area contributed by atoms with Crippen molar-refractivity contribution in [3.05, 3.63) is 26.2 Å². The number of rotatable bonds is 7. The Bertz CT molecular complexity index is 374. The zero-order chi connectivity index (χ0) is 13.5. The molecule has 0 fully saturated rings. The summed E-state index contributed by atoms with van der Waals surface area (Å²) in [6.45, 7) is 5.74. The molecule has 0 saturated heterocycles. The molecule has 1 unspecified atom stereocenters. The fourth-order valence-electron chi connectivity index (χ4n) is 1.34. The van der Waals surface area contributed by atoms with Gasteiger partial charge in [-0.3, -0.25) is 0 Å². The number of anilines is 1. The molecule has 3 nitrogen and oxygen atoms in total. The van der Waals surface area contributed by atoms with Crippen LogP contribution in [0.15, 0.2) is 22.7 Å². The van der Waals surface area contributed by atoms with Gasteiger partial charge in [0.05, 0.1) is 12.7 Å². The number of aliphatic hydroxyl groups is 1. The molecule has 0 saturated carbocycles. The average molecular weight is 428 g/mol. The van der Waals surface area contributed by atoms with Crippen molar-refractivity contribution >= 4 is 44.2 Å². The summed E-state index contributed by atoms with van der Waals surface area (Å²) in [5, 5.41) is 12.9. The first-order valence-corrected chi connectivity index (χ1v) is 7.81. The molecule has 1 aromatic rings. The van der Waals surface area contributed by atoms with Crippen LogP contribution in [0, 0.1) is 9.49 Å². The van der Waals surface area contributed by atoms with E-state index in [-0.39, 0.29) is 0 Å². The Morgan fingerprint density at radius 1 is 1.39 bits per heavy atom. The Morgan fingerprint density at radius 2 is 2.11 bits per heavy atom. The smallest absolute Gasteiger partial charge is 0.0945 e. The molecule has 0 aliphatic carbocycles. The molecule has 1 rings (SSSR count). The van der Waals surface area contributed by atoms with Crippen molar-refractivity contribution in [3.63, 3.8) is 0 Å². The van der Waals surface area contributed by atoms with Gasteiger partial charge < -0.3 is 15.2 Å². The van der Waals surface area contributed by atoms with Crippen LogP contribution in [0.25, 0.3) is 0 Å². The summed E-state index contributed by atoms with van der Waals surface area (Å²) in [4.78, 5) is 0. The number of halogens is 2. The highest BCUT2D eigenvalue weighted by molar-refractivity contribution is 14.1. The highest BCUT2D eigenvalue weighted by atomic mass is 127. The lowest BCUT2D eigenvalue weighted by molar-refractivity contribution is 0.0318. The lowest BCUT2D eigenvalue weighted by Crippen LogP contribution is -2.25. The second-order valence-corrected chi connectivity index (χ2v) is 6.61. The molecule has 2 N–H and O–H groups in total. The molecule has 18 heavy (non-hydrogen) atoms. The minimum absolute atomic E-state index is 0.374. The van der Waals surface area contributed by atoms with Crippen LogP contribution in [-0.2, 0) is 4.74 Å². The molecule has 0 aromatic heterocycles. The molecule has 1 atom stereocenters. The topological polar surface area (TPSA) is 41.5 Å². The van der Waals surface area contributed by atoms with E-state index in [1.807, 2.05) is 18.2 Å². The normalized spacial score (nSPS) is 12.8. The Balaban J connectivity index is 2.29. The largest absolute Gasteiger partial charge is 0.389 e. The molecule has 0 spiro atoms. The molecule has 0 bridgehead atoms. The van der Waals surface area contributed by atoms with Gasteiger partial charge in [-0.15, -0.1) is 0 Å². The SMILES string of the molecule is CC(C)COCC(O)CNc1ccc(Br)c(I)c1. The van der Waals surface area contributed by atoms with E-state index in [9.17, 15) is 5.11 Å². The fourth-order valence-corrected chi connectivity index (χ4v) is 2.10. The van der Waals surface area contributed by atoms with Crippen LogP contribution in [0.2, 0.25) is 0 Å². The quantitative estimate of drug-likeness (QED) is 0.654. The van der Waals surface area contributed by atoms with Gasteiger partial charge in [-0.05, 0) is 62.6 Å². The highest BCUT2D eigenvalue weighted by Gasteiger charge is 2.05. The summed E-state index contributed by atoms with van der Waals surface area (Å²) < 4.78 is 7.61. The Hall–Kier alpha value is 0.150. The third kappa shape index (κ3) is 6.36. The second kappa shape index (κ2) is 8.35. The number of benzene rings is 1. The first kappa shape index (κ1) is 16.2. The van der Waals surface area contributed by atoms with Crippen molar-refractivity contribution in [2.24, 2.45) is 5.92 Å². The summed E-state index contributed by atoms with van der Waals surface area (Å²) in [5.74, 6) is 0.498. The van der Waals surface area contributed by atoms with E-state index in [0.717, 1.165) is 13.7 Å². The van der Waals surface area contributed by atoms with E-state index < -0.39 is 6.10 Å². The van der Waals surface area contributed by atoms with Crippen LogP contribution in [0.5, 0.6) is 0 Å². The molecule has 5 heteroatoms. The third-order valence-corrected chi connectivity index (χ3v) is 4.55. The Labute approximate surface area is 131 Å². The summed E-state index contributed by atoms with van der Waals surface area (Å²) >= 11 is 5.72. The Morgan fingerprint density at radius 3 is 2.72 bits per heavy atom. The minimum Gasteiger partial charge on any atom is -0.389 e. The standard InChI is InChI=1S/C13H19BrINO2/c1-9(2)7-18-8-11(17)6-16-10-3-4-12(14)13(15)5-10/h3-5,9,11,16-17H,6-8H2,1-2H3. The number of ether oxygens (including phenoxy) is 1. The maximum Gasteiger partial charge on any atom is 0.0945 e. The van der Waals surface area contributed by atoms with Crippen molar-refractivity contribution in [1.29, 1.82) is 0 Å². The van der Waals surface area contributed by atoms with Gasteiger partial charge in [-0.2, -0.15) is 0 Å². The van der Waals surface area contributed by atoms with Gasteiger partial charge in [0, 0.05) is 26.9 Å². The van der Waals surface area contributed by atoms with Crippen LogP contribution in [0.3, 0.4) is 0 Å². The van der Waals surface area contributed by atoms with Gasteiger partial charge in [-0.25, -0.2) is 0 Å². The van der Waals surface area contributed by atoms with Crippen LogP contribution in [0.4, 0.5) is 5.69 Å². The van der Waals surface area contributed by atoms with Gasteiger partial charge in [0.15, 0.2) is 0 Å². The molecule has 0 heterocycles. The first-order valence-electron chi connectivity index (χ1n) is 5.93. The first-order chi connectivity index (χ1) is 8.49. The second-order valence-electron chi connectivity index (χ2n) is 4.59. The number of hydrogen-bond donors (Lipinski definition) is 2. The lowest BCUT2D eigenvalue weighted by Gasteiger charge is -2.14. The van der Waals surface area contributed by atoms with E-state index in [4.69, 9.17) is 4.74 Å².